The number of esters is 1. The smallest absolute Gasteiger partial charge is 0.309 e. The normalized spacial score (nSPS) is 11.3. The van der Waals surface area contributed by atoms with Crippen LogP contribution in [0.3, 0.4) is 0 Å². The van der Waals surface area contributed by atoms with Gasteiger partial charge in [-0.2, -0.15) is 0 Å². The van der Waals surface area contributed by atoms with Crippen molar-refractivity contribution in [3.05, 3.63) is 106 Å². The first-order valence-electron chi connectivity index (χ1n) is 12.0. The van der Waals surface area contributed by atoms with Gasteiger partial charge in [-0.1, -0.05) is 49.4 Å². The summed E-state index contributed by atoms with van der Waals surface area (Å²) in [5, 5.41) is 0. The van der Waals surface area contributed by atoms with Crippen molar-refractivity contribution >= 4 is 11.6 Å². The number of hydrogen-bond acceptors (Lipinski definition) is 5. The van der Waals surface area contributed by atoms with E-state index in [1.807, 2.05) is 50.2 Å². The maximum atomic E-state index is 14.6. The molecule has 0 spiro atoms. The molecule has 0 aliphatic rings. The first-order chi connectivity index (χ1) is 17.8. The number of hydrogen-bond donors (Lipinski definition) is 0. The van der Waals surface area contributed by atoms with Crippen LogP contribution in [0.4, 0.5) is 8.78 Å². The van der Waals surface area contributed by atoms with E-state index in [1.54, 1.807) is 10.6 Å². The molecule has 0 N–H and O–H groups in total. The molecule has 0 aliphatic carbocycles. The fourth-order valence-corrected chi connectivity index (χ4v) is 4.42. The van der Waals surface area contributed by atoms with E-state index in [-0.39, 0.29) is 24.3 Å². The number of nitrogens with zero attached hydrogens (tertiary/aromatic N) is 3. The first-order valence-corrected chi connectivity index (χ1v) is 12.0. The van der Waals surface area contributed by atoms with Crippen molar-refractivity contribution in [2.24, 2.45) is 0 Å². The molecule has 0 fully saturated rings. The Balaban J connectivity index is 1.71. The second kappa shape index (κ2) is 9.97. The van der Waals surface area contributed by atoms with Crippen LogP contribution in [0.25, 0.3) is 16.9 Å². The Bertz CT molecular complexity index is 1610. The van der Waals surface area contributed by atoms with Crippen LogP contribution in [-0.2, 0) is 24.1 Å². The third-order valence-electron chi connectivity index (χ3n) is 6.19. The van der Waals surface area contributed by atoms with Crippen LogP contribution in [-0.4, -0.2) is 20.3 Å². The lowest BCUT2D eigenvalue weighted by Gasteiger charge is -2.10. The molecule has 37 heavy (non-hydrogen) atoms. The van der Waals surface area contributed by atoms with Crippen LogP contribution in [0.5, 0.6) is 5.88 Å². The number of carbonyl (C=O) groups is 1. The predicted molar refractivity (Wildman–Crippen MR) is 135 cm³/mol. The highest BCUT2D eigenvalue weighted by Gasteiger charge is 2.23. The van der Waals surface area contributed by atoms with Gasteiger partial charge in [0.05, 0.1) is 17.8 Å². The van der Waals surface area contributed by atoms with Gasteiger partial charge < -0.3 is 9.15 Å². The molecule has 0 radical (unpaired) electrons. The first kappa shape index (κ1) is 24.4. The second-order valence-corrected chi connectivity index (χ2v) is 8.80. The number of halogens is 2. The number of ether oxygens (including phenoxy) is 1. The number of aromatic nitrogens is 3. The molecule has 5 rings (SSSR count). The van der Waals surface area contributed by atoms with Crippen LogP contribution in [0.15, 0.2) is 65.2 Å². The van der Waals surface area contributed by atoms with Gasteiger partial charge in [-0.3, -0.25) is 9.20 Å². The number of imidazole rings is 1. The highest BCUT2D eigenvalue weighted by atomic mass is 19.2. The Hall–Kier alpha value is -4.33. The van der Waals surface area contributed by atoms with Crippen molar-refractivity contribution in [2.45, 2.75) is 40.0 Å². The average Bonchev–Trinajstić information content (AvgIpc) is 3.41. The average molecular weight is 502 g/mol. The summed E-state index contributed by atoms with van der Waals surface area (Å²) in [7, 11) is 0. The third kappa shape index (κ3) is 4.87. The van der Waals surface area contributed by atoms with Gasteiger partial charge in [0.25, 0.3) is 0 Å². The van der Waals surface area contributed by atoms with Gasteiger partial charge in [0.2, 0.25) is 5.88 Å². The number of rotatable bonds is 7. The van der Waals surface area contributed by atoms with Crippen LogP contribution in [0.1, 0.15) is 47.9 Å². The Morgan fingerprint density at radius 2 is 1.78 bits per heavy atom. The number of benzene rings is 2. The zero-order valence-electron chi connectivity index (χ0n) is 20.7. The molecule has 3 aromatic heterocycles. The minimum Gasteiger partial charge on any atom is -0.466 e. The van der Waals surface area contributed by atoms with Crippen molar-refractivity contribution in [1.82, 2.24) is 14.4 Å². The summed E-state index contributed by atoms with van der Waals surface area (Å²) >= 11 is 0. The Morgan fingerprint density at radius 3 is 2.49 bits per heavy atom. The van der Waals surface area contributed by atoms with Crippen molar-refractivity contribution in [1.29, 1.82) is 0 Å². The van der Waals surface area contributed by atoms with Gasteiger partial charge in [-0.15, -0.1) is 0 Å². The third-order valence-corrected chi connectivity index (χ3v) is 6.19. The summed E-state index contributed by atoms with van der Waals surface area (Å²) < 4.78 is 41.8. The zero-order valence-corrected chi connectivity index (χ0v) is 20.7. The lowest BCUT2D eigenvalue weighted by Crippen LogP contribution is -2.07. The van der Waals surface area contributed by atoms with E-state index in [2.05, 4.69) is 0 Å². The van der Waals surface area contributed by atoms with Gasteiger partial charge >= 0.3 is 5.97 Å². The molecular weight excluding hydrogens is 476 g/mol. The molecule has 5 aromatic rings. The van der Waals surface area contributed by atoms with Gasteiger partial charge in [0.1, 0.15) is 17.2 Å². The molecule has 6 nitrogen and oxygen atoms in total. The van der Waals surface area contributed by atoms with E-state index in [9.17, 15) is 13.6 Å². The molecule has 0 saturated carbocycles. The minimum atomic E-state index is -0.933. The number of furan rings is 1. The van der Waals surface area contributed by atoms with Crippen LogP contribution >= 0.6 is 0 Å². The van der Waals surface area contributed by atoms with Gasteiger partial charge in [0, 0.05) is 25.1 Å². The highest BCUT2D eigenvalue weighted by molar-refractivity contribution is 5.71. The quantitative estimate of drug-likeness (QED) is 0.247. The fraction of sp³-hybridized carbons (Fsp3) is 0.207. The summed E-state index contributed by atoms with van der Waals surface area (Å²) in [5.74, 6) is -0.639. The van der Waals surface area contributed by atoms with Crippen molar-refractivity contribution in [3.63, 3.8) is 0 Å². The second-order valence-electron chi connectivity index (χ2n) is 8.80. The highest BCUT2D eigenvalue weighted by Crippen LogP contribution is 2.30. The molecule has 0 unspecified atom stereocenters. The van der Waals surface area contributed by atoms with Crippen LogP contribution < -0.4 is 4.74 Å². The monoisotopic (exact) mass is 501 g/mol. The van der Waals surface area contributed by atoms with Gasteiger partial charge in [-0.25, -0.2) is 18.7 Å². The molecule has 0 aliphatic heterocycles. The predicted octanol–water partition coefficient (Wildman–Crippen LogP) is 6.25. The molecule has 0 atom stereocenters. The maximum absolute atomic E-state index is 14.6. The van der Waals surface area contributed by atoms with E-state index in [0.29, 0.717) is 28.5 Å². The van der Waals surface area contributed by atoms with Crippen molar-refractivity contribution in [3.8, 4) is 17.1 Å². The summed E-state index contributed by atoms with van der Waals surface area (Å²) in [6.07, 6.45) is 2.82. The summed E-state index contributed by atoms with van der Waals surface area (Å²) in [6.45, 7) is 5.27. The molecule has 8 heteroatoms. The van der Waals surface area contributed by atoms with E-state index in [1.165, 1.54) is 19.1 Å². The minimum absolute atomic E-state index is 0.0103. The van der Waals surface area contributed by atoms with E-state index >= 15 is 0 Å². The SMILES string of the molecule is CCc1cc(Cc2nc3c(Cc4cccc(F)c4F)nc(-c4ccccc4)cn3c2OC(C)=O)oc1C. The fourth-order valence-electron chi connectivity index (χ4n) is 4.42. The van der Waals surface area contributed by atoms with Crippen LogP contribution in [0.2, 0.25) is 0 Å². The molecular formula is C29H25F2N3O3. The standard InChI is InChI=1S/C29H25F2N3O3/c1-4-19-13-22(36-17(19)2)15-25-29(37-18(3)35)34-16-26(20-9-6-5-7-10-20)32-24(28(34)33-25)14-21-11-8-12-23(30)27(21)31/h5-13,16H,4,14-15H2,1-3H3. The maximum Gasteiger partial charge on any atom is 0.309 e. The summed E-state index contributed by atoms with van der Waals surface area (Å²) in [4.78, 5) is 21.6. The molecule has 188 valence electrons. The Kier molecular flexibility index (Phi) is 6.56. The van der Waals surface area contributed by atoms with Crippen LogP contribution in [0, 0.1) is 18.6 Å². The Morgan fingerprint density at radius 1 is 1.00 bits per heavy atom. The lowest BCUT2D eigenvalue weighted by molar-refractivity contribution is -0.132. The van der Waals surface area contributed by atoms with E-state index in [0.717, 1.165) is 29.4 Å². The number of aryl methyl sites for hydroxylation is 2. The summed E-state index contributed by atoms with van der Waals surface area (Å²) in [5.41, 5.74) is 3.88. The molecule has 3 heterocycles. The zero-order chi connectivity index (χ0) is 26.1. The van der Waals surface area contributed by atoms with E-state index in [4.69, 9.17) is 19.1 Å². The molecule has 0 amide bonds. The largest absolute Gasteiger partial charge is 0.466 e. The molecule has 0 bridgehead atoms. The molecule has 0 saturated heterocycles. The van der Waals surface area contributed by atoms with Crippen molar-refractivity contribution < 1.29 is 22.7 Å². The van der Waals surface area contributed by atoms with E-state index < -0.39 is 17.6 Å². The van der Waals surface area contributed by atoms with Gasteiger partial charge in [-0.05, 0) is 36.6 Å². The Labute approximate surface area is 212 Å². The summed E-state index contributed by atoms with van der Waals surface area (Å²) in [6, 6.07) is 15.4. The number of carbonyl (C=O) groups excluding carboxylic acids is 1. The van der Waals surface area contributed by atoms with Crippen molar-refractivity contribution in [2.75, 3.05) is 0 Å². The lowest BCUT2D eigenvalue weighted by atomic mass is 10.1. The van der Waals surface area contributed by atoms with Gasteiger partial charge in [0.15, 0.2) is 17.3 Å². The number of fused-ring (bicyclic) bond motifs is 1. The topological polar surface area (TPSA) is 69.6 Å². The molecule has 2 aromatic carbocycles.